The summed E-state index contributed by atoms with van der Waals surface area (Å²) in [4.78, 5) is 11.8. The van der Waals surface area contributed by atoms with Crippen LogP contribution in [0.4, 0.5) is 54.0 Å². The minimum absolute atomic E-state index is 0.000227. The molecule has 0 saturated heterocycles. The van der Waals surface area contributed by atoms with Gasteiger partial charge in [0.2, 0.25) is 0 Å². The topological polar surface area (TPSA) is 47.6 Å². The van der Waals surface area contributed by atoms with E-state index in [1.165, 1.54) is 0 Å². The number of nitrogens with one attached hydrogen (secondary N) is 1. The van der Waals surface area contributed by atoms with Gasteiger partial charge in [-0.05, 0) is 12.1 Å². The number of carbonyl (C=O) groups excluding carboxylic acids is 1. The lowest BCUT2D eigenvalue weighted by atomic mass is 9.71. The minimum Gasteiger partial charge on any atom is -0.486 e. The summed E-state index contributed by atoms with van der Waals surface area (Å²) in [7, 11) is 0. The predicted octanol–water partition coefficient (Wildman–Crippen LogP) is 4.29. The van der Waals surface area contributed by atoms with Crippen LogP contribution in [0.3, 0.4) is 0 Å². The lowest BCUT2D eigenvalue weighted by Crippen LogP contribution is -2.86. The number of rotatable bonds is 2. The van der Waals surface area contributed by atoms with Gasteiger partial charge in [0.15, 0.2) is 11.5 Å². The van der Waals surface area contributed by atoms with Crippen LogP contribution in [0.1, 0.15) is 0 Å². The molecular weight excluding hydrogens is 451 g/mol. The molecule has 0 bridgehead atoms. The van der Waals surface area contributed by atoms with Crippen LogP contribution >= 0.6 is 0 Å². The maximum Gasteiger partial charge on any atom is 0.384 e. The van der Waals surface area contributed by atoms with Gasteiger partial charge in [-0.3, -0.25) is 4.79 Å². The van der Waals surface area contributed by atoms with Gasteiger partial charge in [-0.1, -0.05) is 0 Å². The third-order valence-electron chi connectivity index (χ3n) is 4.56. The first kappa shape index (κ1) is 22.2. The molecule has 1 aliphatic carbocycles. The second kappa shape index (κ2) is 6.03. The summed E-state index contributed by atoms with van der Waals surface area (Å²) in [6.07, 6.45) is 0. The van der Waals surface area contributed by atoms with Crippen molar-refractivity contribution in [2.24, 2.45) is 0 Å². The van der Waals surface area contributed by atoms with Gasteiger partial charge in [-0.2, -0.15) is 43.9 Å². The zero-order valence-electron chi connectivity index (χ0n) is 14.0. The Bertz CT molecular complexity index is 857. The zero-order chi connectivity index (χ0) is 23.0. The first-order chi connectivity index (χ1) is 13.5. The van der Waals surface area contributed by atoms with E-state index in [1.54, 1.807) is 0 Å². The number of fused-ring (bicyclic) bond motifs is 1. The van der Waals surface area contributed by atoms with Gasteiger partial charge in [-0.15, -0.1) is 0 Å². The molecule has 0 atom stereocenters. The Balaban J connectivity index is 2.09. The number of halogens is 11. The maximum atomic E-state index is 14.6. The van der Waals surface area contributed by atoms with Gasteiger partial charge < -0.3 is 14.8 Å². The van der Waals surface area contributed by atoms with Crippen molar-refractivity contribution in [3.8, 4) is 11.5 Å². The molecule has 0 spiro atoms. The Morgan fingerprint density at radius 2 is 1.13 bits per heavy atom. The summed E-state index contributed by atoms with van der Waals surface area (Å²) in [6.45, 7) is -0.00969. The van der Waals surface area contributed by atoms with Crippen LogP contribution in [-0.2, 0) is 4.79 Å². The first-order valence-corrected chi connectivity index (χ1v) is 7.76. The van der Waals surface area contributed by atoms with E-state index >= 15 is 0 Å². The van der Waals surface area contributed by atoms with Crippen molar-refractivity contribution in [3.63, 3.8) is 0 Å². The maximum absolute atomic E-state index is 14.6. The molecule has 168 valence electrons. The van der Waals surface area contributed by atoms with E-state index in [4.69, 9.17) is 9.47 Å². The number of carbonyl (C=O) groups is 1. The highest BCUT2D eigenvalue weighted by molar-refractivity contribution is 6.00. The van der Waals surface area contributed by atoms with Gasteiger partial charge in [0.25, 0.3) is 5.91 Å². The highest BCUT2D eigenvalue weighted by atomic mass is 19.4. The smallest absolute Gasteiger partial charge is 0.384 e. The Morgan fingerprint density at radius 1 is 0.700 bits per heavy atom. The number of anilines is 1. The van der Waals surface area contributed by atoms with Crippen molar-refractivity contribution in [2.45, 2.75) is 35.3 Å². The fraction of sp³-hybridized carbons (Fsp3) is 0.533. The standard InChI is InChI=1S/C15H8F11NO3/c16-10(9(28)27-6-1-2-7-8(5-6)30-4-3-29-7)11(17,18)13(21,22)15(25,26)14(23,24)12(10,19)20/h1-2,5H,3-4H2,(H,27,28). The van der Waals surface area contributed by atoms with Gasteiger partial charge in [0.05, 0.1) is 0 Å². The number of benzene rings is 1. The predicted molar refractivity (Wildman–Crippen MR) is 74.6 cm³/mol. The van der Waals surface area contributed by atoms with Crippen LogP contribution in [0.15, 0.2) is 18.2 Å². The molecule has 1 aromatic carbocycles. The number of amides is 1. The quantitative estimate of drug-likeness (QED) is 0.672. The zero-order valence-corrected chi connectivity index (χ0v) is 14.0. The van der Waals surface area contributed by atoms with Crippen LogP contribution in [0.5, 0.6) is 11.5 Å². The molecule has 1 aliphatic heterocycles. The molecule has 1 N–H and O–H groups in total. The molecule has 2 aliphatic rings. The fourth-order valence-corrected chi connectivity index (χ4v) is 2.84. The van der Waals surface area contributed by atoms with Crippen molar-refractivity contribution < 1.29 is 62.6 Å². The third-order valence-corrected chi connectivity index (χ3v) is 4.56. The molecular formula is C15H8F11NO3. The molecule has 30 heavy (non-hydrogen) atoms. The van der Waals surface area contributed by atoms with E-state index in [0.717, 1.165) is 17.4 Å². The summed E-state index contributed by atoms with van der Waals surface area (Å²) >= 11 is 0. The first-order valence-electron chi connectivity index (χ1n) is 7.76. The van der Waals surface area contributed by atoms with E-state index in [0.29, 0.717) is 6.07 Å². The van der Waals surface area contributed by atoms with E-state index in [2.05, 4.69) is 0 Å². The van der Waals surface area contributed by atoms with Crippen molar-refractivity contribution >= 4 is 11.6 Å². The Morgan fingerprint density at radius 3 is 1.63 bits per heavy atom. The molecule has 1 fully saturated rings. The minimum atomic E-state index is -7.39. The normalized spacial score (nSPS) is 26.5. The highest BCUT2D eigenvalue weighted by Crippen LogP contribution is 2.69. The van der Waals surface area contributed by atoms with Crippen molar-refractivity contribution in [3.05, 3.63) is 18.2 Å². The Kier molecular flexibility index (Phi) is 4.46. The average Bonchev–Trinajstić information content (AvgIpc) is 2.65. The molecule has 1 saturated carbocycles. The van der Waals surface area contributed by atoms with Gasteiger partial charge in [0.1, 0.15) is 13.2 Å². The second-order valence-corrected chi connectivity index (χ2v) is 6.34. The van der Waals surface area contributed by atoms with Crippen LogP contribution in [0.25, 0.3) is 0 Å². The van der Waals surface area contributed by atoms with E-state index < -0.39 is 46.9 Å². The number of ether oxygens (including phenoxy) is 2. The van der Waals surface area contributed by atoms with Gasteiger partial charge >= 0.3 is 35.3 Å². The summed E-state index contributed by atoms with van der Waals surface area (Å²) in [5.41, 5.74) is -7.60. The summed E-state index contributed by atoms with van der Waals surface area (Å²) in [6, 6.07) is 2.38. The molecule has 0 aromatic heterocycles. The number of hydrogen-bond donors (Lipinski definition) is 1. The molecule has 3 rings (SSSR count). The van der Waals surface area contributed by atoms with Crippen LogP contribution in [0, 0.1) is 0 Å². The van der Waals surface area contributed by atoms with Crippen molar-refractivity contribution in [1.82, 2.24) is 0 Å². The monoisotopic (exact) mass is 459 g/mol. The van der Waals surface area contributed by atoms with Gasteiger partial charge in [-0.25, -0.2) is 4.39 Å². The lowest BCUT2D eigenvalue weighted by molar-refractivity contribution is -0.475. The Labute approximate surface area is 158 Å². The largest absolute Gasteiger partial charge is 0.486 e. The summed E-state index contributed by atoms with van der Waals surface area (Å²) in [5.74, 6) is -40.2. The van der Waals surface area contributed by atoms with E-state index in [9.17, 15) is 53.1 Å². The van der Waals surface area contributed by atoms with Crippen molar-refractivity contribution in [2.75, 3.05) is 18.5 Å². The fourth-order valence-electron chi connectivity index (χ4n) is 2.84. The molecule has 1 heterocycles. The Hall–Kier alpha value is -2.48. The lowest BCUT2D eigenvalue weighted by Gasteiger charge is -2.51. The second-order valence-electron chi connectivity index (χ2n) is 6.34. The van der Waals surface area contributed by atoms with E-state index in [1.807, 2.05) is 0 Å². The number of hydrogen-bond acceptors (Lipinski definition) is 3. The highest BCUT2D eigenvalue weighted by Gasteiger charge is 3.02. The van der Waals surface area contributed by atoms with Crippen LogP contribution < -0.4 is 14.8 Å². The third kappa shape index (κ3) is 2.31. The van der Waals surface area contributed by atoms with Crippen molar-refractivity contribution in [1.29, 1.82) is 0 Å². The van der Waals surface area contributed by atoms with Crippen LogP contribution in [-0.4, -0.2) is 54.4 Å². The molecule has 4 nitrogen and oxygen atoms in total. The molecule has 0 unspecified atom stereocenters. The van der Waals surface area contributed by atoms with E-state index in [-0.39, 0.29) is 24.7 Å². The molecule has 1 amide bonds. The summed E-state index contributed by atoms with van der Waals surface area (Å²) in [5, 5.41) is 0.995. The number of alkyl halides is 11. The van der Waals surface area contributed by atoms with Crippen LogP contribution in [0.2, 0.25) is 0 Å². The van der Waals surface area contributed by atoms with Gasteiger partial charge in [0, 0.05) is 11.8 Å². The summed E-state index contributed by atoms with van der Waals surface area (Å²) < 4.78 is 160. The molecule has 15 heteroatoms. The average molecular weight is 459 g/mol. The molecule has 0 radical (unpaired) electrons. The molecule has 1 aromatic rings. The SMILES string of the molecule is O=C(Nc1ccc2c(c1)OCCO2)C1(F)C(F)(F)C(F)(F)C(F)(F)C(F)(F)C1(F)F.